The normalized spacial score (nSPS) is 9.31. The minimum Gasteiger partial charge on any atom is -0.465 e. The van der Waals surface area contributed by atoms with Gasteiger partial charge >= 0.3 is 5.97 Å². The summed E-state index contributed by atoms with van der Waals surface area (Å²) in [5, 5.41) is 6.90. The van der Waals surface area contributed by atoms with Crippen molar-refractivity contribution in [2.24, 2.45) is 0 Å². The third-order valence-electron chi connectivity index (χ3n) is 1.71. The molecule has 3 heteroatoms. The maximum atomic E-state index is 11.0. The number of carbonyl (C=O) groups excluding carboxylic acids is 1. The Morgan fingerprint density at radius 1 is 1.46 bits per heavy atom. The lowest BCUT2D eigenvalue weighted by molar-refractivity contribution is 0.0601. The van der Waals surface area contributed by atoms with E-state index in [1.165, 1.54) is 13.3 Å². The summed E-state index contributed by atoms with van der Waals surface area (Å²) in [7, 11) is 1.35. The number of ether oxygens (including phenoxy) is 1. The smallest absolute Gasteiger partial charge is 0.337 e. The van der Waals surface area contributed by atoms with Crippen LogP contribution < -0.4 is 0 Å². The summed E-state index contributed by atoms with van der Waals surface area (Å²) in [6, 6.07) is 7.03. The van der Waals surface area contributed by atoms with E-state index in [4.69, 9.17) is 5.41 Å². The summed E-state index contributed by atoms with van der Waals surface area (Å²) in [5.74, 6) is -0.332. The van der Waals surface area contributed by atoms with Crippen molar-refractivity contribution in [3.63, 3.8) is 0 Å². The molecule has 0 spiro atoms. The van der Waals surface area contributed by atoms with Crippen molar-refractivity contribution in [3.05, 3.63) is 35.4 Å². The fourth-order valence-electron chi connectivity index (χ4n) is 1.01. The Morgan fingerprint density at radius 3 is 2.54 bits per heavy atom. The van der Waals surface area contributed by atoms with E-state index >= 15 is 0 Å². The van der Waals surface area contributed by atoms with Crippen molar-refractivity contribution < 1.29 is 9.53 Å². The lowest BCUT2D eigenvalue weighted by atomic mass is 10.1. The zero-order valence-corrected chi connectivity index (χ0v) is 7.41. The van der Waals surface area contributed by atoms with E-state index in [2.05, 4.69) is 4.74 Å². The van der Waals surface area contributed by atoms with Crippen LogP contribution >= 0.6 is 0 Å². The molecule has 0 aliphatic carbocycles. The summed E-state index contributed by atoms with van der Waals surface area (Å²) in [6.45, 7) is 0. The van der Waals surface area contributed by atoms with E-state index in [9.17, 15) is 4.79 Å². The predicted octanol–water partition coefficient (Wildman–Crippen LogP) is 1.67. The SMILES string of the molecule is COC(=O)c1ccc(CC=N)cc1. The number of methoxy groups -OCH3 is 1. The number of nitrogens with one attached hydrogen (secondary N) is 1. The molecule has 0 heterocycles. The maximum Gasteiger partial charge on any atom is 0.337 e. The lowest BCUT2D eigenvalue weighted by Crippen LogP contribution is -2.00. The number of esters is 1. The number of rotatable bonds is 3. The molecule has 0 aliphatic rings. The molecular formula is C10H11NO2. The molecule has 0 unspecified atom stereocenters. The van der Waals surface area contributed by atoms with Crippen molar-refractivity contribution >= 4 is 12.2 Å². The number of benzene rings is 1. The topological polar surface area (TPSA) is 50.2 Å². The van der Waals surface area contributed by atoms with Crippen molar-refractivity contribution in [1.29, 1.82) is 5.41 Å². The van der Waals surface area contributed by atoms with Crippen LogP contribution in [0.3, 0.4) is 0 Å². The third-order valence-corrected chi connectivity index (χ3v) is 1.71. The van der Waals surface area contributed by atoms with E-state index in [-0.39, 0.29) is 5.97 Å². The molecular weight excluding hydrogens is 166 g/mol. The molecule has 0 bridgehead atoms. The molecule has 0 saturated carbocycles. The van der Waals surface area contributed by atoms with Gasteiger partial charge in [0.25, 0.3) is 0 Å². The number of hydrogen-bond acceptors (Lipinski definition) is 3. The summed E-state index contributed by atoms with van der Waals surface area (Å²) in [6.07, 6.45) is 1.93. The second-order valence-electron chi connectivity index (χ2n) is 2.60. The molecule has 0 aliphatic heterocycles. The van der Waals surface area contributed by atoms with Crippen LogP contribution in [-0.2, 0) is 11.2 Å². The Hall–Kier alpha value is -1.64. The van der Waals surface area contributed by atoms with Gasteiger partial charge in [0, 0.05) is 6.42 Å². The highest BCUT2D eigenvalue weighted by atomic mass is 16.5. The van der Waals surface area contributed by atoms with E-state index < -0.39 is 0 Å². The first-order chi connectivity index (χ1) is 6.27. The molecule has 1 rings (SSSR count). The molecule has 3 nitrogen and oxygen atoms in total. The zero-order valence-electron chi connectivity index (χ0n) is 7.41. The molecule has 0 radical (unpaired) electrons. The highest BCUT2D eigenvalue weighted by Crippen LogP contribution is 2.05. The van der Waals surface area contributed by atoms with E-state index in [0.29, 0.717) is 12.0 Å². The zero-order chi connectivity index (χ0) is 9.68. The Labute approximate surface area is 76.9 Å². The minimum atomic E-state index is -0.332. The second-order valence-corrected chi connectivity index (χ2v) is 2.60. The summed E-state index contributed by atoms with van der Waals surface area (Å²) in [5.41, 5.74) is 1.55. The number of carbonyl (C=O) groups is 1. The molecule has 1 aromatic rings. The second kappa shape index (κ2) is 4.40. The van der Waals surface area contributed by atoms with Crippen LogP contribution in [-0.4, -0.2) is 19.3 Å². The lowest BCUT2D eigenvalue weighted by Gasteiger charge is -1.99. The maximum absolute atomic E-state index is 11.0. The first-order valence-corrected chi connectivity index (χ1v) is 3.94. The Bertz CT molecular complexity index is 303. The van der Waals surface area contributed by atoms with Crippen LogP contribution in [0, 0.1) is 5.41 Å². The third kappa shape index (κ3) is 2.40. The van der Waals surface area contributed by atoms with Crippen LogP contribution in [0.5, 0.6) is 0 Å². The first-order valence-electron chi connectivity index (χ1n) is 3.94. The largest absolute Gasteiger partial charge is 0.465 e. The monoisotopic (exact) mass is 177 g/mol. The van der Waals surface area contributed by atoms with Gasteiger partial charge in [-0.15, -0.1) is 0 Å². The molecule has 13 heavy (non-hydrogen) atoms. The van der Waals surface area contributed by atoms with Crippen molar-refractivity contribution in [1.82, 2.24) is 0 Å². The molecule has 1 aromatic carbocycles. The highest BCUT2D eigenvalue weighted by Gasteiger charge is 2.03. The summed E-state index contributed by atoms with van der Waals surface area (Å²) < 4.78 is 4.55. The van der Waals surface area contributed by atoms with Crippen LogP contribution in [0.1, 0.15) is 15.9 Å². The van der Waals surface area contributed by atoms with Gasteiger partial charge in [-0.25, -0.2) is 4.79 Å². The van der Waals surface area contributed by atoms with Gasteiger partial charge in [0.2, 0.25) is 0 Å². The van der Waals surface area contributed by atoms with Crippen molar-refractivity contribution in [2.75, 3.05) is 7.11 Å². The van der Waals surface area contributed by atoms with E-state index in [1.807, 2.05) is 12.1 Å². The van der Waals surface area contributed by atoms with Crippen molar-refractivity contribution in [3.8, 4) is 0 Å². The van der Waals surface area contributed by atoms with Crippen LogP contribution in [0.15, 0.2) is 24.3 Å². The van der Waals surface area contributed by atoms with Crippen LogP contribution in [0.25, 0.3) is 0 Å². The standard InChI is InChI=1S/C10H11NO2/c1-13-10(12)9-4-2-8(3-5-9)6-7-11/h2-5,7,11H,6H2,1H3. The van der Waals surface area contributed by atoms with Gasteiger partial charge in [0.15, 0.2) is 0 Å². The molecule has 68 valence electrons. The molecule has 0 aromatic heterocycles. The molecule has 0 amide bonds. The quantitative estimate of drug-likeness (QED) is 0.564. The predicted molar refractivity (Wildman–Crippen MR) is 50.3 cm³/mol. The fraction of sp³-hybridized carbons (Fsp3) is 0.200. The molecule has 0 fully saturated rings. The molecule has 1 N–H and O–H groups in total. The number of hydrogen-bond donors (Lipinski definition) is 1. The highest BCUT2D eigenvalue weighted by molar-refractivity contribution is 5.89. The Kier molecular flexibility index (Phi) is 3.20. The van der Waals surface area contributed by atoms with Gasteiger partial charge in [-0.1, -0.05) is 12.1 Å². The average Bonchev–Trinajstić information content (AvgIpc) is 2.18. The van der Waals surface area contributed by atoms with Gasteiger partial charge in [0.05, 0.1) is 12.7 Å². The Morgan fingerprint density at radius 2 is 2.08 bits per heavy atom. The van der Waals surface area contributed by atoms with Gasteiger partial charge < -0.3 is 10.1 Å². The minimum absolute atomic E-state index is 0.332. The van der Waals surface area contributed by atoms with Gasteiger partial charge in [-0.2, -0.15) is 0 Å². The van der Waals surface area contributed by atoms with Gasteiger partial charge in [-0.05, 0) is 23.9 Å². The van der Waals surface area contributed by atoms with Gasteiger partial charge in [-0.3, -0.25) is 0 Å². The van der Waals surface area contributed by atoms with Gasteiger partial charge in [0.1, 0.15) is 0 Å². The average molecular weight is 177 g/mol. The summed E-state index contributed by atoms with van der Waals surface area (Å²) in [4.78, 5) is 11.0. The van der Waals surface area contributed by atoms with Crippen LogP contribution in [0.4, 0.5) is 0 Å². The van der Waals surface area contributed by atoms with Crippen LogP contribution in [0.2, 0.25) is 0 Å². The van der Waals surface area contributed by atoms with E-state index in [0.717, 1.165) is 5.56 Å². The summed E-state index contributed by atoms with van der Waals surface area (Å²) >= 11 is 0. The van der Waals surface area contributed by atoms with E-state index in [1.54, 1.807) is 12.1 Å². The molecule has 0 saturated heterocycles. The first kappa shape index (κ1) is 9.45. The van der Waals surface area contributed by atoms with Crippen molar-refractivity contribution in [2.45, 2.75) is 6.42 Å². The fourth-order valence-corrected chi connectivity index (χ4v) is 1.01. The molecule has 0 atom stereocenters. The Balaban J connectivity index is 2.80.